The van der Waals surface area contributed by atoms with Crippen molar-refractivity contribution in [3.63, 3.8) is 0 Å². The van der Waals surface area contributed by atoms with Gasteiger partial charge in [0.1, 0.15) is 17.6 Å². The third kappa shape index (κ3) is 3.43. The molecule has 2 aromatic heterocycles. The van der Waals surface area contributed by atoms with Crippen LogP contribution in [0.25, 0.3) is 0 Å². The van der Waals surface area contributed by atoms with Crippen molar-refractivity contribution in [1.29, 1.82) is 0 Å². The van der Waals surface area contributed by atoms with E-state index in [1.807, 2.05) is 38.2 Å². The Morgan fingerprint density at radius 1 is 1.25 bits per heavy atom. The molecule has 1 amide bonds. The highest BCUT2D eigenvalue weighted by Gasteiger charge is 2.35. The van der Waals surface area contributed by atoms with E-state index in [9.17, 15) is 4.79 Å². The maximum atomic E-state index is 12.9. The van der Waals surface area contributed by atoms with Gasteiger partial charge < -0.3 is 9.84 Å². The van der Waals surface area contributed by atoms with Crippen LogP contribution < -0.4 is 10.2 Å². The van der Waals surface area contributed by atoms with Gasteiger partial charge in [-0.3, -0.25) is 14.4 Å². The minimum Gasteiger partial charge on any atom is -0.361 e. The van der Waals surface area contributed by atoms with E-state index in [0.717, 1.165) is 23.4 Å². The molecule has 1 unspecified atom stereocenters. The molecule has 144 valence electrons. The Balaban J connectivity index is 1.45. The molecular weight excluding hydrogens is 354 g/mol. The maximum absolute atomic E-state index is 12.9. The lowest BCUT2D eigenvalue weighted by Crippen LogP contribution is -2.30. The Bertz CT molecular complexity index is 985. The SMILES string of the molecule is C=C1NC(CCc2ccccc2)C(=O)N1c1cnn(Cc2c(C)noc2C)c1. The topological polar surface area (TPSA) is 76.2 Å². The number of nitrogens with one attached hydrogen (secondary N) is 1. The first-order valence-electron chi connectivity index (χ1n) is 9.30. The van der Waals surface area contributed by atoms with Crippen LogP contribution in [0.15, 0.2) is 59.6 Å². The largest absolute Gasteiger partial charge is 0.361 e. The fraction of sp³-hybridized carbons (Fsp3) is 0.286. The highest BCUT2D eigenvalue weighted by molar-refractivity contribution is 6.02. The van der Waals surface area contributed by atoms with Crippen LogP contribution >= 0.6 is 0 Å². The normalized spacial score (nSPS) is 16.6. The highest BCUT2D eigenvalue weighted by atomic mass is 16.5. The van der Waals surface area contributed by atoms with Crippen LogP contribution in [0, 0.1) is 13.8 Å². The zero-order valence-corrected chi connectivity index (χ0v) is 16.1. The van der Waals surface area contributed by atoms with Crippen molar-refractivity contribution in [3.8, 4) is 0 Å². The lowest BCUT2D eigenvalue weighted by molar-refractivity contribution is -0.118. The molecule has 1 aliphatic heterocycles. The van der Waals surface area contributed by atoms with Crippen LogP contribution in [0.2, 0.25) is 0 Å². The van der Waals surface area contributed by atoms with Gasteiger partial charge >= 0.3 is 0 Å². The number of carbonyl (C=O) groups is 1. The van der Waals surface area contributed by atoms with Crippen LogP contribution in [-0.2, 0) is 17.8 Å². The number of benzene rings is 1. The van der Waals surface area contributed by atoms with Gasteiger partial charge in [-0.15, -0.1) is 0 Å². The molecule has 28 heavy (non-hydrogen) atoms. The smallest absolute Gasteiger partial charge is 0.255 e. The van der Waals surface area contributed by atoms with Gasteiger partial charge in [0.25, 0.3) is 5.91 Å². The average molecular weight is 377 g/mol. The second-order valence-electron chi connectivity index (χ2n) is 7.04. The summed E-state index contributed by atoms with van der Waals surface area (Å²) in [5.41, 5.74) is 3.77. The molecule has 1 saturated heterocycles. The van der Waals surface area contributed by atoms with Crippen molar-refractivity contribution in [2.75, 3.05) is 4.90 Å². The van der Waals surface area contributed by atoms with E-state index in [0.29, 0.717) is 24.5 Å². The Hall–Kier alpha value is -3.35. The van der Waals surface area contributed by atoms with Gasteiger partial charge in [-0.2, -0.15) is 5.10 Å². The number of aryl methyl sites for hydroxylation is 3. The molecule has 4 rings (SSSR count). The van der Waals surface area contributed by atoms with Crippen LogP contribution in [0.4, 0.5) is 5.69 Å². The minimum atomic E-state index is -0.279. The van der Waals surface area contributed by atoms with Gasteiger partial charge in [0.2, 0.25) is 0 Å². The number of hydrogen-bond acceptors (Lipinski definition) is 5. The van der Waals surface area contributed by atoms with Crippen LogP contribution in [-0.4, -0.2) is 26.9 Å². The summed E-state index contributed by atoms with van der Waals surface area (Å²) in [5, 5.41) is 11.6. The third-order valence-corrected chi connectivity index (χ3v) is 5.07. The van der Waals surface area contributed by atoms with Gasteiger partial charge in [-0.1, -0.05) is 42.1 Å². The van der Waals surface area contributed by atoms with Crippen molar-refractivity contribution in [1.82, 2.24) is 20.3 Å². The zero-order valence-electron chi connectivity index (χ0n) is 16.1. The number of rotatable bonds is 6. The van der Waals surface area contributed by atoms with Crippen molar-refractivity contribution >= 4 is 11.6 Å². The first-order chi connectivity index (χ1) is 13.5. The summed E-state index contributed by atoms with van der Waals surface area (Å²) in [6.07, 6.45) is 5.07. The molecule has 0 bridgehead atoms. The summed E-state index contributed by atoms with van der Waals surface area (Å²) in [6.45, 7) is 8.34. The highest BCUT2D eigenvalue weighted by Crippen LogP contribution is 2.25. The Morgan fingerprint density at radius 3 is 2.75 bits per heavy atom. The van der Waals surface area contributed by atoms with E-state index in [1.165, 1.54) is 5.56 Å². The first kappa shape index (κ1) is 18.0. The second kappa shape index (κ2) is 7.34. The van der Waals surface area contributed by atoms with Crippen molar-refractivity contribution < 1.29 is 9.32 Å². The molecule has 1 aliphatic rings. The van der Waals surface area contributed by atoms with Gasteiger partial charge in [0.05, 0.1) is 24.1 Å². The maximum Gasteiger partial charge on any atom is 0.255 e. The quantitative estimate of drug-likeness (QED) is 0.715. The number of nitrogens with zero attached hydrogens (tertiary/aromatic N) is 4. The molecule has 1 atom stereocenters. The molecule has 0 radical (unpaired) electrons. The Labute approximate surface area is 163 Å². The number of amides is 1. The Kier molecular flexibility index (Phi) is 4.73. The molecule has 3 aromatic rings. The molecule has 7 nitrogen and oxygen atoms in total. The van der Waals surface area contributed by atoms with Crippen LogP contribution in [0.3, 0.4) is 0 Å². The monoisotopic (exact) mass is 377 g/mol. The molecule has 0 aliphatic carbocycles. The standard InChI is InChI=1S/C21H23N5O2/c1-14-19(15(2)28-24-14)13-25-12-18(11-22-25)26-16(3)23-20(21(26)27)10-9-17-7-5-4-6-8-17/h4-8,11-12,20,23H,3,9-10,13H2,1-2H3. The van der Waals surface area contributed by atoms with Crippen molar-refractivity contribution in [2.45, 2.75) is 39.3 Å². The number of carbonyl (C=O) groups excluding carboxylic acids is 1. The number of hydrogen-bond donors (Lipinski definition) is 1. The fourth-order valence-electron chi connectivity index (χ4n) is 3.49. The van der Waals surface area contributed by atoms with Gasteiger partial charge in [0, 0.05) is 11.8 Å². The lowest BCUT2D eigenvalue weighted by Gasteiger charge is -2.13. The third-order valence-electron chi connectivity index (χ3n) is 5.07. The fourth-order valence-corrected chi connectivity index (χ4v) is 3.49. The average Bonchev–Trinajstić information content (AvgIpc) is 3.35. The van der Waals surface area contributed by atoms with E-state index in [1.54, 1.807) is 15.8 Å². The zero-order chi connectivity index (χ0) is 19.7. The summed E-state index contributed by atoms with van der Waals surface area (Å²) >= 11 is 0. The predicted octanol–water partition coefficient (Wildman–Crippen LogP) is 2.95. The summed E-state index contributed by atoms with van der Waals surface area (Å²) in [4.78, 5) is 14.5. The molecule has 0 saturated carbocycles. The lowest BCUT2D eigenvalue weighted by atomic mass is 10.1. The van der Waals surface area contributed by atoms with Crippen molar-refractivity contribution in [2.24, 2.45) is 0 Å². The number of aromatic nitrogens is 3. The molecule has 0 spiro atoms. The van der Waals surface area contributed by atoms with Gasteiger partial charge in [-0.05, 0) is 32.3 Å². The van der Waals surface area contributed by atoms with Crippen molar-refractivity contribution in [3.05, 3.63) is 77.7 Å². The van der Waals surface area contributed by atoms with E-state index < -0.39 is 0 Å². The number of anilines is 1. The van der Waals surface area contributed by atoms with E-state index in [2.05, 4.69) is 34.3 Å². The van der Waals surface area contributed by atoms with E-state index >= 15 is 0 Å². The predicted molar refractivity (Wildman–Crippen MR) is 106 cm³/mol. The Morgan fingerprint density at radius 2 is 2.04 bits per heavy atom. The summed E-state index contributed by atoms with van der Waals surface area (Å²) in [7, 11) is 0. The molecule has 1 aromatic carbocycles. The van der Waals surface area contributed by atoms with Gasteiger partial charge in [-0.25, -0.2) is 0 Å². The summed E-state index contributed by atoms with van der Waals surface area (Å²) in [5.74, 6) is 1.36. The molecule has 1 fully saturated rings. The molecule has 7 heteroatoms. The van der Waals surface area contributed by atoms with E-state index in [-0.39, 0.29) is 11.9 Å². The minimum absolute atomic E-state index is 0.00202. The van der Waals surface area contributed by atoms with Crippen LogP contribution in [0.1, 0.15) is 29.0 Å². The van der Waals surface area contributed by atoms with Crippen LogP contribution in [0.5, 0.6) is 0 Å². The molecule has 1 N–H and O–H groups in total. The van der Waals surface area contributed by atoms with Gasteiger partial charge in [0.15, 0.2) is 0 Å². The first-order valence-corrected chi connectivity index (χ1v) is 9.30. The summed E-state index contributed by atoms with van der Waals surface area (Å²) in [6, 6.07) is 9.89. The molecular formula is C21H23N5O2. The van der Waals surface area contributed by atoms with E-state index in [4.69, 9.17) is 4.52 Å². The molecule has 3 heterocycles. The second-order valence-corrected chi connectivity index (χ2v) is 7.04. The summed E-state index contributed by atoms with van der Waals surface area (Å²) < 4.78 is 6.98.